The number of allylic oxidation sites excluding steroid dienone is 1. The van der Waals surface area contributed by atoms with Crippen molar-refractivity contribution in [3.05, 3.63) is 12.2 Å². The molecule has 0 heteroatoms. The molecule has 0 aromatic heterocycles. The summed E-state index contributed by atoms with van der Waals surface area (Å²) >= 11 is 0. The number of hydrogen-bond donors (Lipinski definition) is 0. The minimum Gasteiger partial charge on any atom is -0.100 e. The molecule has 0 heterocycles. The molecule has 0 aromatic rings. The lowest BCUT2D eigenvalue weighted by atomic mass is 9.94. The molecular formula is C11H24. The minimum atomic E-state index is 0.542. The molecular weight excluding hydrogens is 132 g/mol. The highest BCUT2D eigenvalue weighted by Gasteiger charge is 2.03. The van der Waals surface area contributed by atoms with E-state index in [1.807, 2.05) is 6.92 Å². The lowest BCUT2D eigenvalue weighted by Crippen LogP contribution is -2.00. The van der Waals surface area contributed by atoms with E-state index in [1.165, 1.54) is 12.0 Å². The van der Waals surface area contributed by atoms with Crippen LogP contribution in [-0.4, -0.2) is 0 Å². The molecule has 0 bridgehead atoms. The predicted molar refractivity (Wildman–Crippen MR) is 54.9 cm³/mol. The zero-order valence-electron chi connectivity index (χ0n) is 9.12. The topological polar surface area (TPSA) is 0 Å². The molecule has 0 saturated heterocycles. The van der Waals surface area contributed by atoms with Crippen LogP contribution in [0.4, 0.5) is 0 Å². The van der Waals surface area contributed by atoms with Crippen LogP contribution >= 0.6 is 0 Å². The van der Waals surface area contributed by atoms with Crippen LogP contribution in [0.3, 0.4) is 0 Å². The van der Waals surface area contributed by atoms with Crippen LogP contribution in [0.25, 0.3) is 0 Å². The molecule has 0 aliphatic heterocycles. The Hall–Kier alpha value is -0.260. The van der Waals surface area contributed by atoms with Gasteiger partial charge in [-0.05, 0) is 18.8 Å². The van der Waals surface area contributed by atoms with Gasteiger partial charge in [0.05, 0.1) is 0 Å². The molecule has 0 radical (unpaired) electrons. The van der Waals surface area contributed by atoms with Crippen LogP contribution in [0.5, 0.6) is 0 Å². The maximum absolute atomic E-state index is 3.67. The highest BCUT2D eigenvalue weighted by molar-refractivity contribution is 4.84. The molecule has 0 nitrogen and oxygen atoms in total. The largest absolute Gasteiger partial charge is 0.100 e. The highest BCUT2D eigenvalue weighted by Crippen LogP contribution is 2.16. The van der Waals surface area contributed by atoms with Gasteiger partial charge < -0.3 is 0 Å². The molecule has 0 unspecified atom stereocenters. The second-order valence-electron chi connectivity index (χ2n) is 4.22. The smallest absolute Gasteiger partial charge is 0.0354 e. The summed E-state index contributed by atoms with van der Waals surface area (Å²) in [6, 6.07) is 0. The van der Waals surface area contributed by atoms with Crippen molar-refractivity contribution >= 4 is 0 Å². The van der Waals surface area contributed by atoms with Crippen molar-refractivity contribution in [3.63, 3.8) is 0 Å². The van der Waals surface area contributed by atoms with E-state index in [0.29, 0.717) is 5.41 Å². The van der Waals surface area contributed by atoms with Gasteiger partial charge in [0.2, 0.25) is 0 Å². The molecule has 11 heavy (non-hydrogen) atoms. The van der Waals surface area contributed by atoms with Gasteiger partial charge in [-0.2, -0.15) is 0 Å². The van der Waals surface area contributed by atoms with Crippen LogP contribution < -0.4 is 0 Å². The van der Waals surface area contributed by atoms with Crippen molar-refractivity contribution < 1.29 is 0 Å². The summed E-state index contributed by atoms with van der Waals surface area (Å²) in [5.74, 6) is 0. The second kappa shape index (κ2) is 6.45. The Morgan fingerprint density at radius 3 is 1.36 bits per heavy atom. The molecule has 0 atom stereocenters. The molecule has 0 aromatic carbocycles. The summed E-state index contributed by atoms with van der Waals surface area (Å²) in [5, 5.41) is 0. The van der Waals surface area contributed by atoms with Gasteiger partial charge in [-0.3, -0.25) is 0 Å². The fourth-order valence-corrected chi connectivity index (χ4v) is 0. The maximum atomic E-state index is 3.67. The molecule has 0 N–H and O–H groups in total. The summed E-state index contributed by atoms with van der Waals surface area (Å²) in [5.41, 5.74) is 1.80. The van der Waals surface area contributed by atoms with E-state index in [4.69, 9.17) is 0 Å². The molecule has 0 amide bonds. The minimum absolute atomic E-state index is 0.542. The summed E-state index contributed by atoms with van der Waals surface area (Å²) < 4.78 is 0. The molecule has 68 valence electrons. The van der Waals surface area contributed by atoms with Gasteiger partial charge in [0.1, 0.15) is 0 Å². The average Bonchev–Trinajstić information content (AvgIpc) is 1.88. The van der Waals surface area contributed by atoms with Crippen molar-refractivity contribution in [2.24, 2.45) is 5.41 Å². The summed E-state index contributed by atoms with van der Waals surface area (Å²) in [6.07, 6.45) is 2.38. The fraction of sp³-hybridized carbons (Fsp3) is 0.818. The van der Waals surface area contributed by atoms with Crippen molar-refractivity contribution in [2.75, 3.05) is 0 Å². The van der Waals surface area contributed by atoms with Crippen LogP contribution in [0.15, 0.2) is 12.2 Å². The highest BCUT2D eigenvalue weighted by atomic mass is 14.1. The van der Waals surface area contributed by atoms with Gasteiger partial charge in [-0.15, -0.1) is 6.58 Å². The summed E-state index contributed by atoms with van der Waals surface area (Å²) in [6.45, 7) is 16.7. The van der Waals surface area contributed by atoms with E-state index < -0.39 is 0 Å². The maximum Gasteiger partial charge on any atom is -0.0354 e. The molecule has 0 aliphatic carbocycles. The van der Waals surface area contributed by atoms with E-state index in [-0.39, 0.29) is 0 Å². The van der Waals surface area contributed by atoms with Gasteiger partial charge in [0.25, 0.3) is 0 Å². The Bertz CT molecular complexity index is 93.1. The van der Waals surface area contributed by atoms with E-state index >= 15 is 0 Å². The first-order valence-corrected chi connectivity index (χ1v) is 4.47. The third-order valence-corrected chi connectivity index (χ3v) is 1.66. The first kappa shape index (κ1) is 13.3. The fourth-order valence-electron chi connectivity index (χ4n) is 0. The lowest BCUT2D eigenvalue weighted by Gasteiger charge is -2.12. The number of hydrogen-bond acceptors (Lipinski definition) is 0. The number of rotatable bonds is 1. The molecule has 0 fully saturated rings. The van der Waals surface area contributed by atoms with Gasteiger partial charge in [0.15, 0.2) is 0 Å². The monoisotopic (exact) mass is 156 g/mol. The van der Waals surface area contributed by atoms with Crippen molar-refractivity contribution in [1.82, 2.24) is 0 Å². The van der Waals surface area contributed by atoms with Crippen molar-refractivity contribution in [1.29, 1.82) is 0 Å². The lowest BCUT2D eigenvalue weighted by molar-refractivity contribution is 0.398. The third kappa shape index (κ3) is 26.0. The molecule has 0 rings (SSSR count). The zero-order valence-corrected chi connectivity index (χ0v) is 9.12. The Kier molecular flexibility index (Phi) is 7.82. The summed E-state index contributed by atoms with van der Waals surface area (Å²) in [7, 11) is 0. The van der Waals surface area contributed by atoms with Crippen molar-refractivity contribution in [2.45, 2.75) is 54.4 Å². The van der Waals surface area contributed by atoms with E-state index in [1.54, 1.807) is 0 Å². The Morgan fingerprint density at radius 1 is 1.18 bits per heavy atom. The Morgan fingerprint density at radius 2 is 1.36 bits per heavy atom. The van der Waals surface area contributed by atoms with Gasteiger partial charge in [-0.1, -0.05) is 46.6 Å². The second-order valence-corrected chi connectivity index (χ2v) is 4.22. The normalized spacial score (nSPS) is 10.0. The standard InChI is InChI=1S/C6H14.C5H10/c1-5-6(2,3)4;1-4-5(2)3/h5H2,1-4H3;2,4H2,1,3H3. The SMILES string of the molecule is C=C(C)CC.CCC(C)(C)C. The van der Waals surface area contributed by atoms with Crippen LogP contribution in [0, 0.1) is 5.41 Å². The quantitative estimate of drug-likeness (QED) is 0.493. The summed E-state index contributed by atoms with van der Waals surface area (Å²) in [4.78, 5) is 0. The van der Waals surface area contributed by atoms with Crippen LogP contribution in [0.2, 0.25) is 0 Å². The van der Waals surface area contributed by atoms with Gasteiger partial charge >= 0.3 is 0 Å². The third-order valence-electron chi connectivity index (χ3n) is 1.66. The zero-order chi connectivity index (χ0) is 9.49. The van der Waals surface area contributed by atoms with E-state index in [2.05, 4.69) is 41.2 Å². The Balaban J connectivity index is 0. The first-order chi connectivity index (χ1) is 4.83. The molecule has 0 saturated carbocycles. The average molecular weight is 156 g/mol. The van der Waals surface area contributed by atoms with Crippen molar-refractivity contribution in [3.8, 4) is 0 Å². The van der Waals surface area contributed by atoms with Gasteiger partial charge in [0, 0.05) is 0 Å². The van der Waals surface area contributed by atoms with Crippen LogP contribution in [-0.2, 0) is 0 Å². The Labute approximate surface area is 72.7 Å². The van der Waals surface area contributed by atoms with E-state index in [0.717, 1.165) is 6.42 Å². The van der Waals surface area contributed by atoms with Gasteiger partial charge in [-0.25, -0.2) is 0 Å². The van der Waals surface area contributed by atoms with Crippen LogP contribution in [0.1, 0.15) is 54.4 Å². The van der Waals surface area contributed by atoms with E-state index in [9.17, 15) is 0 Å². The molecule has 0 spiro atoms. The first-order valence-electron chi connectivity index (χ1n) is 4.47. The molecule has 0 aliphatic rings. The predicted octanol–water partition coefficient (Wildman–Crippen LogP) is 4.42.